The molecule has 1 atom stereocenters. The molecule has 3 heteroatoms. The van der Waals surface area contributed by atoms with Gasteiger partial charge in [0, 0.05) is 18.0 Å². The normalized spacial score (nSPS) is 17.8. The molecular weight excluding hydrogens is 248 g/mol. The highest BCUT2D eigenvalue weighted by Gasteiger charge is 2.21. The summed E-state index contributed by atoms with van der Waals surface area (Å²) in [6.45, 7) is 2.08. The fourth-order valence-corrected chi connectivity index (χ4v) is 2.63. The minimum absolute atomic E-state index is 0.0204. The van der Waals surface area contributed by atoms with E-state index < -0.39 is 0 Å². The minimum atomic E-state index is -0.0204. The van der Waals surface area contributed by atoms with E-state index in [0.29, 0.717) is 6.10 Å². The van der Waals surface area contributed by atoms with E-state index in [1.54, 1.807) is 6.20 Å². The molecule has 1 N–H and O–H groups in total. The molecule has 1 saturated heterocycles. The summed E-state index contributed by atoms with van der Waals surface area (Å²) < 4.78 is 6.38. The maximum absolute atomic E-state index is 6.38. The van der Waals surface area contributed by atoms with Crippen LogP contribution in [0.15, 0.2) is 54.9 Å². The molecule has 104 valence electrons. The fraction of sp³-hybridized carbons (Fsp3) is 0.353. The average molecular weight is 268 g/mol. The van der Waals surface area contributed by atoms with Crippen LogP contribution >= 0.6 is 0 Å². The third kappa shape index (κ3) is 3.24. The van der Waals surface area contributed by atoms with Crippen LogP contribution in [0.5, 0.6) is 0 Å². The van der Waals surface area contributed by atoms with Gasteiger partial charge in [-0.05, 0) is 37.6 Å². The number of pyridine rings is 1. The predicted molar refractivity (Wildman–Crippen MR) is 79.5 cm³/mol. The summed E-state index contributed by atoms with van der Waals surface area (Å²) in [6, 6.07) is 14.5. The van der Waals surface area contributed by atoms with E-state index in [2.05, 4.69) is 40.6 Å². The van der Waals surface area contributed by atoms with E-state index in [-0.39, 0.29) is 6.10 Å². The third-order valence-electron chi connectivity index (χ3n) is 3.70. The molecule has 0 amide bonds. The lowest BCUT2D eigenvalue weighted by atomic mass is 10.0. The monoisotopic (exact) mass is 268 g/mol. The summed E-state index contributed by atoms with van der Waals surface area (Å²) in [6.07, 6.45) is 6.15. The maximum atomic E-state index is 6.38. The quantitative estimate of drug-likeness (QED) is 0.925. The summed E-state index contributed by atoms with van der Waals surface area (Å²) in [5.74, 6) is 0. The molecule has 3 rings (SSSR count). The Hall–Kier alpha value is -1.71. The summed E-state index contributed by atoms with van der Waals surface area (Å²) in [7, 11) is 0. The van der Waals surface area contributed by atoms with E-state index in [0.717, 1.165) is 31.5 Å². The zero-order valence-electron chi connectivity index (χ0n) is 11.5. The number of hydrogen-bond donors (Lipinski definition) is 1. The van der Waals surface area contributed by atoms with Crippen molar-refractivity contribution >= 4 is 0 Å². The molecule has 1 fully saturated rings. The molecule has 1 unspecified atom stereocenters. The first-order chi connectivity index (χ1) is 9.93. The third-order valence-corrected chi connectivity index (χ3v) is 3.70. The zero-order valence-corrected chi connectivity index (χ0v) is 11.5. The minimum Gasteiger partial charge on any atom is -0.365 e. The Labute approximate surface area is 120 Å². The second-order valence-corrected chi connectivity index (χ2v) is 5.16. The molecule has 20 heavy (non-hydrogen) atoms. The first-order valence-electron chi connectivity index (χ1n) is 7.24. The highest BCUT2D eigenvalue weighted by Crippen LogP contribution is 2.28. The standard InChI is InChI=1S/C17H20N2O/c1-2-5-14(6-3-1)17(15-7-4-10-19-13-15)20-16-8-11-18-12-9-16/h1-7,10,13,16-18H,8-9,11-12H2. The summed E-state index contributed by atoms with van der Waals surface area (Å²) in [5.41, 5.74) is 2.32. The van der Waals surface area contributed by atoms with E-state index in [1.807, 2.05) is 18.3 Å². The van der Waals surface area contributed by atoms with E-state index in [1.165, 1.54) is 5.56 Å². The van der Waals surface area contributed by atoms with E-state index in [9.17, 15) is 0 Å². The number of nitrogens with one attached hydrogen (secondary N) is 1. The van der Waals surface area contributed by atoms with Crippen LogP contribution < -0.4 is 5.32 Å². The van der Waals surface area contributed by atoms with Crippen molar-refractivity contribution in [2.45, 2.75) is 25.0 Å². The number of piperidine rings is 1. The number of rotatable bonds is 4. The number of benzene rings is 1. The first kappa shape index (κ1) is 13.3. The molecule has 0 bridgehead atoms. The highest BCUT2D eigenvalue weighted by atomic mass is 16.5. The molecule has 0 spiro atoms. The van der Waals surface area contributed by atoms with Crippen LogP contribution in [-0.4, -0.2) is 24.2 Å². The van der Waals surface area contributed by atoms with Gasteiger partial charge < -0.3 is 10.1 Å². The molecule has 2 heterocycles. The van der Waals surface area contributed by atoms with E-state index in [4.69, 9.17) is 4.74 Å². The van der Waals surface area contributed by atoms with Crippen LogP contribution in [0.3, 0.4) is 0 Å². The van der Waals surface area contributed by atoms with Gasteiger partial charge in [-0.3, -0.25) is 4.98 Å². The molecule has 0 aliphatic carbocycles. The number of aromatic nitrogens is 1. The highest BCUT2D eigenvalue weighted by molar-refractivity contribution is 5.28. The van der Waals surface area contributed by atoms with Crippen molar-refractivity contribution in [1.29, 1.82) is 0 Å². The average Bonchev–Trinajstić information content (AvgIpc) is 2.55. The molecule has 1 aromatic carbocycles. The Balaban J connectivity index is 1.83. The molecule has 1 aliphatic heterocycles. The Morgan fingerprint density at radius 3 is 2.45 bits per heavy atom. The topological polar surface area (TPSA) is 34.1 Å². The van der Waals surface area contributed by atoms with Gasteiger partial charge in [0.1, 0.15) is 6.10 Å². The number of nitrogens with zero attached hydrogens (tertiary/aromatic N) is 1. The van der Waals surface area contributed by atoms with Crippen LogP contribution in [0, 0.1) is 0 Å². The van der Waals surface area contributed by atoms with Gasteiger partial charge in [0.25, 0.3) is 0 Å². The Morgan fingerprint density at radius 2 is 1.75 bits per heavy atom. The van der Waals surface area contributed by atoms with Gasteiger partial charge in [-0.2, -0.15) is 0 Å². The lowest BCUT2D eigenvalue weighted by Crippen LogP contribution is -2.33. The maximum Gasteiger partial charge on any atom is 0.109 e. The Kier molecular flexibility index (Phi) is 4.41. The van der Waals surface area contributed by atoms with Gasteiger partial charge in [0.2, 0.25) is 0 Å². The SMILES string of the molecule is c1ccc(C(OC2CCNCC2)c2cccnc2)cc1. The van der Waals surface area contributed by atoms with Gasteiger partial charge in [-0.15, -0.1) is 0 Å². The zero-order chi connectivity index (χ0) is 13.6. The van der Waals surface area contributed by atoms with Crippen molar-refractivity contribution in [3.05, 3.63) is 66.0 Å². The van der Waals surface area contributed by atoms with Gasteiger partial charge in [0.05, 0.1) is 6.10 Å². The number of ether oxygens (including phenoxy) is 1. The van der Waals surface area contributed by atoms with Crippen molar-refractivity contribution in [3.8, 4) is 0 Å². The summed E-state index contributed by atoms with van der Waals surface area (Å²) >= 11 is 0. The smallest absolute Gasteiger partial charge is 0.109 e. The molecular formula is C17H20N2O. The van der Waals surface area contributed by atoms with Crippen LogP contribution in [0.25, 0.3) is 0 Å². The Morgan fingerprint density at radius 1 is 1.00 bits per heavy atom. The number of hydrogen-bond acceptors (Lipinski definition) is 3. The molecule has 1 aliphatic rings. The van der Waals surface area contributed by atoms with Crippen molar-refractivity contribution in [2.75, 3.05) is 13.1 Å². The molecule has 1 aromatic heterocycles. The van der Waals surface area contributed by atoms with Crippen molar-refractivity contribution in [2.24, 2.45) is 0 Å². The van der Waals surface area contributed by atoms with Crippen molar-refractivity contribution in [3.63, 3.8) is 0 Å². The van der Waals surface area contributed by atoms with Crippen LogP contribution in [0.2, 0.25) is 0 Å². The lowest BCUT2D eigenvalue weighted by Gasteiger charge is -2.28. The molecule has 0 radical (unpaired) electrons. The Bertz CT molecular complexity index is 470. The van der Waals surface area contributed by atoms with Gasteiger partial charge in [-0.25, -0.2) is 0 Å². The molecule has 3 nitrogen and oxygen atoms in total. The first-order valence-corrected chi connectivity index (χ1v) is 7.24. The second-order valence-electron chi connectivity index (χ2n) is 5.16. The van der Waals surface area contributed by atoms with Crippen LogP contribution in [0.4, 0.5) is 0 Å². The van der Waals surface area contributed by atoms with Crippen molar-refractivity contribution in [1.82, 2.24) is 10.3 Å². The predicted octanol–water partition coefficient (Wildman–Crippen LogP) is 2.94. The van der Waals surface area contributed by atoms with Gasteiger partial charge in [0.15, 0.2) is 0 Å². The summed E-state index contributed by atoms with van der Waals surface area (Å²) in [4.78, 5) is 4.23. The molecule has 0 saturated carbocycles. The molecule has 2 aromatic rings. The summed E-state index contributed by atoms with van der Waals surface area (Å²) in [5, 5.41) is 3.38. The van der Waals surface area contributed by atoms with Crippen molar-refractivity contribution < 1.29 is 4.74 Å². The van der Waals surface area contributed by atoms with Gasteiger partial charge >= 0.3 is 0 Å². The largest absolute Gasteiger partial charge is 0.365 e. The van der Waals surface area contributed by atoms with Gasteiger partial charge in [-0.1, -0.05) is 36.4 Å². The lowest BCUT2D eigenvalue weighted by molar-refractivity contribution is -0.00819. The van der Waals surface area contributed by atoms with Crippen LogP contribution in [0.1, 0.15) is 30.1 Å². The van der Waals surface area contributed by atoms with Crippen LogP contribution in [-0.2, 0) is 4.74 Å². The van der Waals surface area contributed by atoms with E-state index >= 15 is 0 Å². The second kappa shape index (κ2) is 6.64. The fourth-order valence-electron chi connectivity index (χ4n) is 2.63.